The Labute approximate surface area is 83.9 Å². The van der Waals surface area contributed by atoms with Gasteiger partial charge in [-0.15, -0.1) is 0 Å². The number of oxazole rings is 1. The molecule has 76 valence electrons. The minimum absolute atomic E-state index is 0.229. The third kappa shape index (κ3) is 3.19. The van der Waals surface area contributed by atoms with Gasteiger partial charge in [0.05, 0.1) is 25.2 Å². The van der Waals surface area contributed by atoms with Crippen molar-refractivity contribution in [2.24, 2.45) is 0 Å². The van der Waals surface area contributed by atoms with Crippen LogP contribution in [0.4, 0.5) is 0 Å². The molecule has 1 unspecified atom stereocenters. The summed E-state index contributed by atoms with van der Waals surface area (Å²) >= 11 is 0. The molecule has 0 fully saturated rings. The van der Waals surface area contributed by atoms with Crippen LogP contribution in [0.3, 0.4) is 0 Å². The summed E-state index contributed by atoms with van der Waals surface area (Å²) in [7, 11) is 0. The Morgan fingerprint density at radius 3 is 3.00 bits per heavy atom. The number of nitriles is 1. The van der Waals surface area contributed by atoms with Crippen LogP contribution in [0.5, 0.6) is 0 Å². The van der Waals surface area contributed by atoms with E-state index in [4.69, 9.17) is 9.68 Å². The normalized spacial score (nSPS) is 12.4. The fourth-order valence-corrected chi connectivity index (χ4v) is 1.19. The lowest BCUT2D eigenvalue weighted by Gasteiger charge is -2.11. The first kappa shape index (κ1) is 10.7. The van der Waals surface area contributed by atoms with Crippen molar-refractivity contribution in [2.75, 3.05) is 0 Å². The van der Waals surface area contributed by atoms with Crippen molar-refractivity contribution in [1.82, 2.24) is 10.3 Å². The SMILES string of the molecule is CCC(CC#N)NCc1ncc(C)o1. The molecule has 0 aliphatic heterocycles. The maximum absolute atomic E-state index is 8.54. The number of rotatable bonds is 5. The molecule has 0 bridgehead atoms. The van der Waals surface area contributed by atoms with E-state index in [1.54, 1.807) is 6.20 Å². The van der Waals surface area contributed by atoms with Crippen LogP contribution < -0.4 is 5.32 Å². The Balaban J connectivity index is 2.36. The molecular weight excluding hydrogens is 178 g/mol. The first-order valence-electron chi connectivity index (χ1n) is 4.78. The Kier molecular flexibility index (Phi) is 4.14. The first-order valence-corrected chi connectivity index (χ1v) is 4.78. The molecule has 1 atom stereocenters. The monoisotopic (exact) mass is 193 g/mol. The summed E-state index contributed by atoms with van der Waals surface area (Å²) in [6.45, 7) is 4.51. The van der Waals surface area contributed by atoms with Crippen LogP contribution in [0.1, 0.15) is 31.4 Å². The lowest BCUT2D eigenvalue weighted by atomic mass is 10.2. The molecule has 0 amide bonds. The Morgan fingerprint density at radius 1 is 1.71 bits per heavy atom. The van der Waals surface area contributed by atoms with E-state index in [1.165, 1.54) is 0 Å². The largest absolute Gasteiger partial charge is 0.445 e. The number of hydrogen-bond acceptors (Lipinski definition) is 4. The average Bonchev–Trinajstić information content (AvgIpc) is 2.59. The van der Waals surface area contributed by atoms with Gasteiger partial charge in [0.15, 0.2) is 0 Å². The minimum atomic E-state index is 0.229. The fraction of sp³-hybridized carbons (Fsp3) is 0.600. The maximum atomic E-state index is 8.54. The second-order valence-electron chi connectivity index (χ2n) is 3.21. The fourth-order valence-electron chi connectivity index (χ4n) is 1.19. The van der Waals surface area contributed by atoms with Crippen molar-refractivity contribution in [3.05, 3.63) is 17.8 Å². The van der Waals surface area contributed by atoms with Gasteiger partial charge in [-0.05, 0) is 13.3 Å². The van der Waals surface area contributed by atoms with Crippen molar-refractivity contribution < 1.29 is 4.42 Å². The summed E-state index contributed by atoms with van der Waals surface area (Å²) in [5.74, 6) is 1.49. The van der Waals surface area contributed by atoms with Gasteiger partial charge in [0.25, 0.3) is 0 Å². The number of hydrogen-bond donors (Lipinski definition) is 1. The zero-order valence-electron chi connectivity index (χ0n) is 8.58. The van der Waals surface area contributed by atoms with Crippen molar-refractivity contribution in [3.63, 3.8) is 0 Å². The molecule has 0 spiro atoms. The molecule has 0 aliphatic carbocycles. The molecule has 0 radical (unpaired) electrons. The van der Waals surface area contributed by atoms with Gasteiger partial charge in [0.2, 0.25) is 5.89 Å². The highest BCUT2D eigenvalue weighted by Crippen LogP contribution is 2.03. The molecule has 0 saturated carbocycles. The zero-order chi connectivity index (χ0) is 10.4. The Bertz CT molecular complexity index is 313. The molecule has 4 nitrogen and oxygen atoms in total. The second kappa shape index (κ2) is 5.40. The molecule has 1 aromatic rings. The highest BCUT2D eigenvalue weighted by molar-refractivity contribution is 4.91. The molecular formula is C10H15N3O. The van der Waals surface area contributed by atoms with E-state index >= 15 is 0 Å². The lowest BCUT2D eigenvalue weighted by molar-refractivity contribution is 0.417. The van der Waals surface area contributed by atoms with Gasteiger partial charge in [-0.2, -0.15) is 5.26 Å². The summed E-state index contributed by atoms with van der Waals surface area (Å²) < 4.78 is 5.30. The van der Waals surface area contributed by atoms with Gasteiger partial charge in [0, 0.05) is 6.04 Å². The lowest BCUT2D eigenvalue weighted by Crippen LogP contribution is -2.27. The van der Waals surface area contributed by atoms with Crippen LogP contribution in [-0.2, 0) is 6.54 Å². The molecule has 1 rings (SSSR count). The molecule has 0 aliphatic rings. The Hall–Kier alpha value is -1.34. The van der Waals surface area contributed by atoms with Gasteiger partial charge >= 0.3 is 0 Å². The van der Waals surface area contributed by atoms with E-state index < -0.39 is 0 Å². The van der Waals surface area contributed by atoms with Crippen molar-refractivity contribution in [2.45, 2.75) is 39.3 Å². The summed E-state index contributed by atoms with van der Waals surface area (Å²) in [6, 6.07) is 2.38. The van der Waals surface area contributed by atoms with Gasteiger partial charge in [-0.25, -0.2) is 4.98 Å². The topological polar surface area (TPSA) is 61.9 Å². The summed E-state index contributed by atoms with van der Waals surface area (Å²) in [6.07, 6.45) is 3.16. The van der Waals surface area contributed by atoms with Gasteiger partial charge in [0.1, 0.15) is 5.76 Å². The Morgan fingerprint density at radius 2 is 2.50 bits per heavy atom. The zero-order valence-corrected chi connectivity index (χ0v) is 8.58. The van der Waals surface area contributed by atoms with E-state index in [9.17, 15) is 0 Å². The van der Waals surface area contributed by atoms with Gasteiger partial charge < -0.3 is 9.73 Å². The number of aromatic nitrogens is 1. The number of nitrogens with one attached hydrogen (secondary N) is 1. The second-order valence-corrected chi connectivity index (χ2v) is 3.21. The van der Waals surface area contributed by atoms with Crippen LogP contribution >= 0.6 is 0 Å². The quantitative estimate of drug-likeness (QED) is 0.774. The van der Waals surface area contributed by atoms with E-state index in [2.05, 4.69) is 23.3 Å². The number of nitrogens with zero attached hydrogens (tertiary/aromatic N) is 2. The van der Waals surface area contributed by atoms with Crippen molar-refractivity contribution in [3.8, 4) is 6.07 Å². The smallest absolute Gasteiger partial charge is 0.208 e. The van der Waals surface area contributed by atoms with Crippen molar-refractivity contribution in [1.29, 1.82) is 5.26 Å². The molecule has 4 heteroatoms. The van der Waals surface area contributed by atoms with Crippen LogP contribution in [0.25, 0.3) is 0 Å². The third-order valence-corrected chi connectivity index (χ3v) is 2.04. The predicted octanol–water partition coefficient (Wildman–Crippen LogP) is 1.76. The summed E-state index contributed by atoms with van der Waals surface area (Å²) in [4.78, 5) is 4.07. The summed E-state index contributed by atoms with van der Waals surface area (Å²) in [5.41, 5.74) is 0. The van der Waals surface area contributed by atoms with Crippen LogP contribution in [-0.4, -0.2) is 11.0 Å². The number of aryl methyl sites for hydroxylation is 1. The predicted molar refractivity (Wildman–Crippen MR) is 52.4 cm³/mol. The molecule has 14 heavy (non-hydrogen) atoms. The minimum Gasteiger partial charge on any atom is -0.445 e. The molecule has 1 heterocycles. The van der Waals surface area contributed by atoms with E-state index in [1.807, 2.05) is 6.92 Å². The summed E-state index contributed by atoms with van der Waals surface area (Å²) in [5, 5.41) is 11.8. The molecule has 1 aromatic heterocycles. The molecule has 1 N–H and O–H groups in total. The third-order valence-electron chi connectivity index (χ3n) is 2.04. The van der Waals surface area contributed by atoms with Gasteiger partial charge in [-0.1, -0.05) is 6.92 Å². The average molecular weight is 193 g/mol. The van der Waals surface area contributed by atoms with E-state index in [0.29, 0.717) is 18.9 Å². The molecule has 0 saturated heterocycles. The van der Waals surface area contributed by atoms with Crippen LogP contribution in [0.15, 0.2) is 10.6 Å². The first-order chi connectivity index (χ1) is 6.76. The maximum Gasteiger partial charge on any atom is 0.208 e. The van der Waals surface area contributed by atoms with Gasteiger partial charge in [-0.3, -0.25) is 0 Å². The van der Waals surface area contributed by atoms with E-state index in [-0.39, 0.29) is 6.04 Å². The molecule has 0 aromatic carbocycles. The highest BCUT2D eigenvalue weighted by Gasteiger charge is 2.06. The highest BCUT2D eigenvalue weighted by atomic mass is 16.4. The van der Waals surface area contributed by atoms with Crippen LogP contribution in [0, 0.1) is 18.3 Å². The van der Waals surface area contributed by atoms with Crippen LogP contribution in [0.2, 0.25) is 0 Å². The van der Waals surface area contributed by atoms with Crippen molar-refractivity contribution >= 4 is 0 Å². The standard InChI is InChI=1S/C10H15N3O/c1-3-9(4-5-11)12-7-10-13-6-8(2)14-10/h6,9,12H,3-4,7H2,1-2H3. The van der Waals surface area contributed by atoms with E-state index in [0.717, 1.165) is 12.2 Å².